The summed E-state index contributed by atoms with van der Waals surface area (Å²) in [5, 5.41) is 2.87. The highest BCUT2D eigenvalue weighted by Crippen LogP contribution is 2.16. The first-order valence-electron chi connectivity index (χ1n) is 7.43. The SMILES string of the molecule is CCC(C)CN(CC)CCC(=O)Nc1ccccc1N. The largest absolute Gasteiger partial charge is 0.397 e. The van der Waals surface area contributed by atoms with E-state index in [0.29, 0.717) is 23.7 Å². The summed E-state index contributed by atoms with van der Waals surface area (Å²) in [5.74, 6) is 0.688. The number of para-hydroxylation sites is 2. The molecule has 1 amide bonds. The average Bonchev–Trinajstić information content (AvgIpc) is 2.45. The molecule has 0 bridgehead atoms. The van der Waals surface area contributed by atoms with Crippen LogP contribution in [0.1, 0.15) is 33.6 Å². The van der Waals surface area contributed by atoms with Gasteiger partial charge in [0.15, 0.2) is 0 Å². The van der Waals surface area contributed by atoms with E-state index in [0.717, 1.165) is 19.6 Å². The number of carbonyl (C=O) groups excluding carboxylic acids is 1. The summed E-state index contributed by atoms with van der Waals surface area (Å²) in [6, 6.07) is 7.34. The summed E-state index contributed by atoms with van der Waals surface area (Å²) in [4.78, 5) is 14.3. The van der Waals surface area contributed by atoms with Crippen molar-refractivity contribution in [3.63, 3.8) is 0 Å². The van der Waals surface area contributed by atoms with Crippen molar-refractivity contribution >= 4 is 17.3 Å². The van der Waals surface area contributed by atoms with Crippen molar-refractivity contribution in [2.45, 2.75) is 33.6 Å². The number of benzene rings is 1. The fourth-order valence-corrected chi connectivity index (χ4v) is 2.03. The van der Waals surface area contributed by atoms with Crippen LogP contribution in [-0.4, -0.2) is 30.4 Å². The molecule has 20 heavy (non-hydrogen) atoms. The quantitative estimate of drug-likeness (QED) is 0.718. The second kappa shape index (κ2) is 8.59. The molecule has 112 valence electrons. The minimum absolute atomic E-state index is 0.0190. The van der Waals surface area contributed by atoms with Crippen molar-refractivity contribution < 1.29 is 4.79 Å². The van der Waals surface area contributed by atoms with Crippen LogP contribution in [0.15, 0.2) is 24.3 Å². The van der Waals surface area contributed by atoms with E-state index >= 15 is 0 Å². The molecule has 1 atom stereocenters. The van der Waals surface area contributed by atoms with Gasteiger partial charge in [0.25, 0.3) is 0 Å². The number of hydrogen-bond acceptors (Lipinski definition) is 3. The fourth-order valence-electron chi connectivity index (χ4n) is 2.03. The maximum absolute atomic E-state index is 11.9. The van der Waals surface area contributed by atoms with E-state index in [1.807, 2.05) is 18.2 Å². The van der Waals surface area contributed by atoms with Crippen LogP contribution in [0.3, 0.4) is 0 Å². The first kappa shape index (κ1) is 16.5. The molecule has 3 N–H and O–H groups in total. The standard InChI is InChI=1S/C16H27N3O/c1-4-13(3)12-19(5-2)11-10-16(20)18-15-9-7-6-8-14(15)17/h6-9,13H,4-5,10-12,17H2,1-3H3,(H,18,20). The topological polar surface area (TPSA) is 58.4 Å². The number of hydrogen-bond donors (Lipinski definition) is 2. The Morgan fingerprint density at radius 1 is 1.35 bits per heavy atom. The minimum atomic E-state index is 0.0190. The van der Waals surface area contributed by atoms with E-state index < -0.39 is 0 Å². The van der Waals surface area contributed by atoms with Crippen LogP contribution >= 0.6 is 0 Å². The second-order valence-electron chi connectivity index (χ2n) is 5.29. The lowest BCUT2D eigenvalue weighted by Crippen LogP contribution is -2.31. The minimum Gasteiger partial charge on any atom is -0.397 e. The maximum Gasteiger partial charge on any atom is 0.225 e. The molecule has 0 aliphatic heterocycles. The van der Waals surface area contributed by atoms with Gasteiger partial charge >= 0.3 is 0 Å². The normalized spacial score (nSPS) is 12.4. The second-order valence-corrected chi connectivity index (χ2v) is 5.29. The third-order valence-electron chi connectivity index (χ3n) is 3.60. The van der Waals surface area contributed by atoms with Crippen molar-refractivity contribution in [1.82, 2.24) is 4.90 Å². The smallest absolute Gasteiger partial charge is 0.225 e. The van der Waals surface area contributed by atoms with Crippen LogP contribution in [-0.2, 0) is 4.79 Å². The molecule has 1 unspecified atom stereocenters. The highest BCUT2D eigenvalue weighted by atomic mass is 16.1. The monoisotopic (exact) mass is 277 g/mol. The Hall–Kier alpha value is -1.55. The van der Waals surface area contributed by atoms with Crippen molar-refractivity contribution in [1.29, 1.82) is 0 Å². The summed E-state index contributed by atoms with van der Waals surface area (Å²) in [5.41, 5.74) is 7.11. The Balaban J connectivity index is 2.40. The van der Waals surface area contributed by atoms with Gasteiger partial charge in [-0.15, -0.1) is 0 Å². The molecule has 0 heterocycles. The Morgan fingerprint density at radius 2 is 2.05 bits per heavy atom. The fraction of sp³-hybridized carbons (Fsp3) is 0.562. The van der Waals surface area contributed by atoms with E-state index in [1.165, 1.54) is 6.42 Å². The molecule has 0 aromatic heterocycles. The molecule has 0 aliphatic rings. The molecule has 0 fully saturated rings. The molecule has 4 heteroatoms. The van der Waals surface area contributed by atoms with Gasteiger partial charge in [-0.3, -0.25) is 4.79 Å². The van der Waals surface area contributed by atoms with Crippen LogP contribution in [0.25, 0.3) is 0 Å². The number of nitrogen functional groups attached to an aromatic ring is 1. The van der Waals surface area contributed by atoms with Crippen LogP contribution in [0.5, 0.6) is 0 Å². The highest BCUT2D eigenvalue weighted by molar-refractivity contribution is 5.93. The molecule has 1 aromatic carbocycles. The van der Waals surface area contributed by atoms with Gasteiger partial charge in [-0.05, 0) is 24.6 Å². The summed E-state index contributed by atoms with van der Waals surface area (Å²) in [7, 11) is 0. The first-order valence-corrected chi connectivity index (χ1v) is 7.43. The Labute approximate surface area is 122 Å². The Bertz CT molecular complexity index is 420. The molecular weight excluding hydrogens is 250 g/mol. The summed E-state index contributed by atoms with van der Waals surface area (Å²) in [6.45, 7) is 9.39. The van der Waals surface area contributed by atoms with E-state index in [-0.39, 0.29) is 5.91 Å². The van der Waals surface area contributed by atoms with E-state index in [2.05, 4.69) is 31.0 Å². The van der Waals surface area contributed by atoms with Gasteiger partial charge in [-0.1, -0.05) is 39.3 Å². The van der Waals surface area contributed by atoms with E-state index in [1.54, 1.807) is 6.07 Å². The predicted molar refractivity (Wildman–Crippen MR) is 85.7 cm³/mol. The van der Waals surface area contributed by atoms with Crippen LogP contribution in [0, 0.1) is 5.92 Å². The number of nitrogens with one attached hydrogen (secondary N) is 1. The van der Waals surface area contributed by atoms with Crippen molar-refractivity contribution in [3.05, 3.63) is 24.3 Å². The molecule has 0 saturated heterocycles. The zero-order valence-corrected chi connectivity index (χ0v) is 12.9. The van der Waals surface area contributed by atoms with Crippen LogP contribution in [0.4, 0.5) is 11.4 Å². The molecule has 0 radical (unpaired) electrons. The number of amides is 1. The predicted octanol–water partition coefficient (Wildman–Crippen LogP) is 2.97. The van der Waals surface area contributed by atoms with Crippen molar-refractivity contribution in [2.75, 3.05) is 30.7 Å². The molecule has 0 spiro atoms. The lowest BCUT2D eigenvalue weighted by molar-refractivity contribution is -0.116. The summed E-state index contributed by atoms with van der Waals surface area (Å²) in [6.07, 6.45) is 1.67. The molecule has 4 nitrogen and oxygen atoms in total. The molecule has 1 rings (SSSR count). The number of nitrogens with two attached hydrogens (primary N) is 1. The van der Waals surface area contributed by atoms with Crippen molar-refractivity contribution in [2.24, 2.45) is 5.92 Å². The zero-order valence-electron chi connectivity index (χ0n) is 12.9. The number of anilines is 2. The number of carbonyl (C=O) groups is 1. The van der Waals surface area contributed by atoms with Gasteiger partial charge < -0.3 is 16.0 Å². The van der Waals surface area contributed by atoms with Crippen molar-refractivity contribution in [3.8, 4) is 0 Å². The van der Waals surface area contributed by atoms with Crippen LogP contribution < -0.4 is 11.1 Å². The average molecular weight is 277 g/mol. The molecule has 0 saturated carbocycles. The van der Waals surface area contributed by atoms with Gasteiger partial charge in [0.1, 0.15) is 0 Å². The summed E-state index contributed by atoms with van der Waals surface area (Å²) < 4.78 is 0. The zero-order chi connectivity index (χ0) is 15.0. The van der Waals surface area contributed by atoms with Gasteiger partial charge in [-0.25, -0.2) is 0 Å². The number of rotatable bonds is 8. The van der Waals surface area contributed by atoms with E-state index in [4.69, 9.17) is 5.73 Å². The molecule has 1 aromatic rings. The molecular formula is C16H27N3O. The highest BCUT2D eigenvalue weighted by Gasteiger charge is 2.10. The van der Waals surface area contributed by atoms with Crippen LogP contribution in [0.2, 0.25) is 0 Å². The first-order chi connectivity index (χ1) is 9.56. The lowest BCUT2D eigenvalue weighted by Gasteiger charge is -2.23. The molecule has 0 aliphatic carbocycles. The van der Waals surface area contributed by atoms with Gasteiger partial charge in [-0.2, -0.15) is 0 Å². The third-order valence-corrected chi connectivity index (χ3v) is 3.60. The third kappa shape index (κ3) is 5.61. The number of nitrogens with zero attached hydrogens (tertiary/aromatic N) is 1. The lowest BCUT2D eigenvalue weighted by atomic mass is 10.1. The van der Waals surface area contributed by atoms with E-state index in [9.17, 15) is 4.79 Å². The van der Waals surface area contributed by atoms with Gasteiger partial charge in [0, 0.05) is 19.5 Å². The van der Waals surface area contributed by atoms with Gasteiger partial charge in [0.05, 0.1) is 11.4 Å². The Kier molecular flexibility index (Phi) is 7.09. The maximum atomic E-state index is 11.9. The Morgan fingerprint density at radius 3 is 2.65 bits per heavy atom. The van der Waals surface area contributed by atoms with Gasteiger partial charge in [0.2, 0.25) is 5.91 Å². The summed E-state index contributed by atoms with van der Waals surface area (Å²) >= 11 is 0.